The fraction of sp³-hybridized carbons (Fsp3) is 0.231. The quantitative estimate of drug-likeness (QED) is 0.481. The highest BCUT2D eigenvalue weighted by molar-refractivity contribution is 6.04. The van der Waals surface area contributed by atoms with E-state index in [1.807, 2.05) is 0 Å². The molecule has 0 atom stereocenters. The Morgan fingerprint density at radius 2 is 1.88 bits per heavy atom. The minimum absolute atomic E-state index is 0.174. The van der Waals surface area contributed by atoms with Crippen LogP contribution in [-0.2, 0) is 0 Å². The molecule has 0 unspecified atom stereocenters. The van der Waals surface area contributed by atoms with Gasteiger partial charge >= 0.3 is 0 Å². The van der Waals surface area contributed by atoms with Crippen LogP contribution in [0.1, 0.15) is 34.6 Å². The highest BCUT2D eigenvalue weighted by Gasteiger charge is 2.14. The Labute approximate surface area is 100 Å². The molecule has 17 heavy (non-hydrogen) atoms. The molecule has 0 saturated carbocycles. The zero-order chi connectivity index (χ0) is 13.0. The van der Waals surface area contributed by atoms with Crippen LogP contribution in [0.5, 0.6) is 5.75 Å². The molecule has 1 aromatic carbocycles. The second-order valence-corrected chi connectivity index (χ2v) is 3.65. The van der Waals surface area contributed by atoms with E-state index >= 15 is 0 Å². The van der Waals surface area contributed by atoms with Crippen molar-refractivity contribution in [2.45, 2.75) is 13.8 Å². The lowest BCUT2D eigenvalue weighted by atomic mass is 10.0. The first kappa shape index (κ1) is 13.0. The lowest BCUT2D eigenvalue weighted by Gasteiger charge is -2.11. The molecule has 0 amide bonds. The van der Waals surface area contributed by atoms with Gasteiger partial charge in [0.05, 0.1) is 5.56 Å². The van der Waals surface area contributed by atoms with Crippen molar-refractivity contribution in [3.05, 3.63) is 35.9 Å². The normalized spacial score (nSPS) is 9.76. The Morgan fingerprint density at radius 3 is 2.35 bits per heavy atom. The smallest absolute Gasteiger partial charge is 0.163 e. The van der Waals surface area contributed by atoms with Crippen molar-refractivity contribution >= 4 is 17.3 Å². The van der Waals surface area contributed by atoms with E-state index in [0.717, 1.165) is 0 Å². The molecule has 1 rings (SSSR count). The molecule has 2 N–H and O–H groups in total. The molecule has 4 heteroatoms. The number of rotatable bonds is 5. The standard InChI is InChI=1S/C13H15NO3/c1-4-5-17-13-7-12(14)10(8(2)15)6-11(13)9(3)16/h4,6-7H,1,5,14H2,2-3H3. The number of hydrogen-bond acceptors (Lipinski definition) is 4. The van der Waals surface area contributed by atoms with E-state index in [1.165, 1.54) is 26.0 Å². The third-order valence-corrected chi connectivity index (χ3v) is 2.27. The van der Waals surface area contributed by atoms with Crippen LogP contribution >= 0.6 is 0 Å². The van der Waals surface area contributed by atoms with E-state index < -0.39 is 0 Å². The summed E-state index contributed by atoms with van der Waals surface area (Å²) in [7, 11) is 0. The van der Waals surface area contributed by atoms with Crippen molar-refractivity contribution in [1.29, 1.82) is 0 Å². The van der Waals surface area contributed by atoms with Crippen LogP contribution in [0, 0.1) is 0 Å². The summed E-state index contributed by atoms with van der Waals surface area (Å²) in [4.78, 5) is 22.8. The minimum atomic E-state index is -0.180. The molecule has 0 aromatic heterocycles. The van der Waals surface area contributed by atoms with Crippen LogP contribution in [-0.4, -0.2) is 18.2 Å². The summed E-state index contributed by atoms with van der Waals surface area (Å²) in [5.74, 6) is 0.0201. The van der Waals surface area contributed by atoms with Gasteiger partial charge in [0.15, 0.2) is 11.6 Å². The SMILES string of the molecule is C=CCOc1cc(N)c(C(C)=O)cc1C(C)=O. The summed E-state index contributed by atoms with van der Waals surface area (Å²) in [6.45, 7) is 6.62. The molecule has 0 radical (unpaired) electrons. The average Bonchev–Trinajstić information content (AvgIpc) is 2.25. The van der Waals surface area contributed by atoms with Crippen molar-refractivity contribution in [1.82, 2.24) is 0 Å². The molecule has 0 aliphatic heterocycles. The molecule has 0 heterocycles. The first-order valence-corrected chi connectivity index (χ1v) is 5.16. The van der Waals surface area contributed by atoms with Gasteiger partial charge in [0.1, 0.15) is 12.4 Å². The number of carbonyl (C=O) groups is 2. The largest absolute Gasteiger partial charge is 0.489 e. The van der Waals surface area contributed by atoms with Crippen LogP contribution in [0.25, 0.3) is 0 Å². The Bertz CT molecular complexity index is 478. The van der Waals surface area contributed by atoms with E-state index in [4.69, 9.17) is 10.5 Å². The molecule has 0 bridgehead atoms. The van der Waals surface area contributed by atoms with E-state index in [0.29, 0.717) is 22.6 Å². The van der Waals surface area contributed by atoms with Gasteiger partial charge in [-0.1, -0.05) is 12.7 Å². The number of carbonyl (C=O) groups excluding carboxylic acids is 2. The number of nitrogen functional groups attached to an aromatic ring is 1. The van der Waals surface area contributed by atoms with Gasteiger partial charge in [-0.25, -0.2) is 0 Å². The van der Waals surface area contributed by atoms with Crippen LogP contribution in [0.3, 0.4) is 0 Å². The van der Waals surface area contributed by atoms with Gasteiger partial charge in [-0.05, 0) is 19.9 Å². The van der Waals surface area contributed by atoms with Gasteiger partial charge in [0.25, 0.3) is 0 Å². The van der Waals surface area contributed by atoms with E-state index in [-0.39, 0.29) is 18.2 Å². The molecule has 0 aliphatic rings. The molecular weight excluding hydrogens is 218 g/mol. The van der Waals surface area contributed by atoms with Crippen molar-refractivity contribution in [2.24, 2.45) is 0 Å². The number of ketones is 2. The maximum Gasteiger partial charge on any atom is 0.163 e. The minimum Gasteiger partial charge on any atom is -0.489 e. The first-order chi connectivity index (χ1) is 7.97. The third-order valence-electron chi connectivity index (χ3n) is 2.27. The maximum absolute atomic E-state index is 11.5. The van der Waals surface area contributed by atoms with E-state index in [9.17, 15) is 9.59 Å². The average molecular weight is 233 g/mol. The van der Waals surface area contributed by atoms with Crippen molar-refractivity contribution in [2.75, 3.05) is 12.3 Å². The van der Waals surface area contributed by atoms with Gasteiger partial charge in [-0.2, -0.15) is 0 Å². The lowest BCUT2D eigenvalue weighted by Crippen LogP contribution is -2.07. The Morgan fingerprint density at radius 1 is 1.29 bits per heavy atom. The predicted octanol–water partition coefficient (Wildman–Crippen LogP) is 2.24. The fourth-order valence-corrected chi connectivity index (χ4v) is 1.44. The summed E-state index contributed by atoms with van der Waals surface area (Å²) in [6.07, 6.45) is 1.57. The summed E-state index contributed by atoms with van der Waals surface area (Å²) >= 11 is 0. The van der Waals surface area contributed by atoms with Crippen molar-refractivity contribution in [3.8, 4) is 5.75 Å². The van der Waals surface area contributed by atoms with Gasteiger partial charge < -0.3 is 10.5 Å². The molecule has 4 nitrogen and oxygen atoms in total. The van der Waals surface area contributed by atoms with Gasteiger partial charge in [-0.3, -0.25) is 9.59 Å². The molecule has 0 saturated heterocycles. The van der Waals surface area contributed by atoms with Crippen molar-refractivity contribution < 1.29 is 14.3 Å². The summed E-state index contributed by atoms with van der Waals surface area (Å²) in [5.41, 5.74) is 6.72. The molecule has 1 aromatic rings. The van der Waals surface area contributed by atoms with Crippen molar-refractivity contribution in [3.63, 3.8) is 0 Å². The lowest BCUT2D eigenvalue weighted by molar-refractivity contribution is 0.101. The Kier molecular flexibility index (Phi) is 4.04. The zero-order valence-corrected chi connectivity index (χ0v) is 9.95. The molecule has 0 aliphatic carbocycles. The number of ether oxygens (including phenoxy) is 1. The summed E-state index contributed by atoms with van der Waals surface area (Å²) in [6, 6.07) is 2.97. The second kappa shape index (κ2) is 5.30. The first-order valence-electron chi connectivity index (χ1n) is 5.16. The van der Waals surface area contributed by atoms with Gasteiger partial charge in [0, 0.05) is 17.3 Å². The zero-order valence-electron chi connectivity index (χ0n) is 9.95. The van der Waals surface area contributed by atoms with Crippen LogP contribution in [0.15, 0.2) is 24.8 Å². The molecule has 90 valence electrons. The number of anilines is 1. The Hall–Kier alpha value is -2.10. The van der Waals surface area contributed by atoms with E-state index in [2.05, 4.69) is 6.58 Å². The fourth-order valence-electron chi connectivity index (χ4n) is 1.44. The Balaban J connectivity index is 3.30. The van der Waals surface area contributed by atoms with Gasteiger partial charge in [0.2, 0.25) is 0 Å². The molecular formula is C13H15NO3. The number of nitrogens with two attached hydrogens (primary N) is 1. The van der Waals surface area contributed by atoms with Crippen LogP contribution in [0.4, 0.5) is 5.69 Å². The van der Waals surface area contributed by atoms with Gasteiger partial charge in [-0.15, -0.1) is 0 Å². The van der Waals surface area contributed by atoms with Crippen LogP contribution in [0.2, 0.25) is 0 Å². The number of hydrogen-bond donors (Lipinski definition) is 1. The highest BCUT2D eigenvalue weighted by atomic mass is 16.5. The second-order valence-electron chi connectivity index (χ2n) is 3.65. The topological polar surface area (TPSA) is 69.4 Å². The predicted molar refractivity (Wildman–Crippen MR) is 66.6 cm³/mol. The van der Waals surface area contributed by atoms with Crippen LogP contribution < -0.4 is 10.5 Å². The summed E-state index contributed by atoms with van der Waals surface area (Å²) in [5, 5.41) is 0. The third kappa shape index (κ3) is 2.93. The monoisotopic (exact) mass is 233 g/mol. The highest BCUT2D eigenvalue weighted by Crippen LogP contribution is 2.26. The maximum atomic E-state index is 11.5. The van der Waals surface area contributed by atoms with E-state index in [1.54, 1.807) is 6.08 Å². The number of Topliss-reactive ketones (excluding diaryl/α,β-unsaturated/α-hetero) is 2. The molecule has 0 spiro atoms. The molecule has 0 fully saturated rings. The summed E-state index contributed by atoms with van der Waals surface area (Å²) < 4.78 is 5.33. The number of benzene rings is 1.